The van der Waals surface area contributed by atoms with Crippen LogP contribution in [0.15, 0.2) is 0 Å². The molecular weight excluding hydrogens is 214 g/mol. The quantitative estimate of drug-likeness (QED) is 0.659. The monoisotopic (exact) mass is 237 g/mol. The minimum Gasteiger partial charge on any atom is -0.379 e. The van der Waals surface area contributed by atoms with E-state index in [2.05, 4.69) is 32.5 Å². The molecule has 0 radical (unpaired) electrons. The zero-order valence-electron chi connectivity index (χ0n) is 10.5. The van der Waals surface area contributed by atoms with Crippen LogP contribution in [-0.4, -0.2) is 31.5 Å². The molecule has 0 aliphatic rings. The largest absolute Gasteiger partial charge is 0.379 e. The normalized spacial score (nSPS) is 13.2. The molecule has 0 aromatic carbocycles. The summed E-state index contributed by atoms with van der Waals surface area (Å²) in [6.45, 7) is 9.72. The fourth-order valence-electron chi connectivity index (χ4n) is 1.10. The highest BCUT2D eigenvalue weighted by Gasteiger charge is 2.21. The third-order valence-corrected chi connectivity index (χ3v) is 2.76. The summed E-state index contributed by atoms with van der Waals surface area (Å²) >= 11 is 5.41. The molecule has 3 nitrogen and oxygen atoms in total. The van der Waals surface area contributed by atoms with Gasteiger partial charge in [0.2, 0.25) is 0 Å². The molecule has 0 bridgehead atoms. The van der Waals surface area contributed by atoms with Crippen molar-refractivity contribution in [2.24, 2.45) is 0 Å². The highest BCUT2D eigenvalue weighted by atomic mass is 35.5. The summed E-state index contributed by atoms with van der Waals surface area (Å²) in [7, 11) is 1.72. The zero-order valence-corrected chi connectivity index (χ0v) is 11.3. The standard InChI is InChI=1S/C11H24ClNO2/c1-10(2,14-5)7-9-15-11(3,4)6-8-13-12/h13H,6-9H2,1-5H3. The van der Waals surface area contributed by atoms with Gasteiger partial charge in [0.05, 0.1) is 17.8 Å². The number of rotatable bonds is 8. The number of hydrogen-bond donors (Lipinski definition) is 1. The van der Waals surface area contributed by atoms with Crippen molar-refractivity contribution in [1.29, 1.82) is 0 Å². The Labute approximate surface area is 98.6 Å². The first kappa shape index (κ1) is 15.2. The lowest BCUT2D eigenvalue weighted by atomic mass is 10.0. The Morgan fingerprint density at radius 1 is 1.07 bits per heavy atom. The van der Waals surface area contributed by atoms with Gasteiger partial charge in [-0.1, -0.05) is 0 Å². The van der Waals surface area contributed by atoms with Crippen LogP contribution >= 0.6 is 11.8 Å². The topological polar surface area (TPSA) is 30.5 Å². The second kappa shape index (κ2) is 6.69. The lowest BCUT2D eigenvalue weighted by Gasteiger charge is -2.28. The minimum atomic E-state index is -0.133. The van der Waals surface area contributed by atoms with E-state index >= 15 is 0 Å². The fraction of sp³-hybridized carbons (Fsp3) is 1.00. The second-order valence-electron chi connectivity index (χ2n) is 4.96. The lowest BCUT2D eigenvalue weighted by molar-refractivity contribution is -0.0603. The Morgan fingerprint density at radius 3 is 2.13 bits per heavy atom. The minimum absolute atomic E-state index is 0.110. The summed E-state index contributed by atoms with van der Waals surface area (Å²) in [6.07, 6.45) is 1.78. The first-order valence-corrected chi connectivity index (χ1v) is 5.73. The van der Waals surface area contributed by atoms with Gasteiger partial charge in [0.25, 0.3) is 0 Å². The summed E-state index contributed by atoms with van der Waals surface area (Å²) in [5, 5.41) is 0. The number of methoxy groups -OCH3 is 1. The number of ether oxygens (including phenoxy) is 2. The highest BCUT2D eigenvalue weighted by Crippen LogP contribution is 2.18. The van der Waals surface area contributed by atoms with Crippen LogP contribution in [0.5, 0.6) is 0 Å². The van der Waals surface area contributed by atoms with Crippen molar-refractivity contribution < 1.29 is 9.47 Å². The molecule has 1 N–H and O–H groups in total. The van der Waals surface area contributed by atoms with Crippen molar-refractivity contribution in [3.05, 3.63) is 0 Å². The smallest absolute Gasteiger partial charge is 0.0644 e. The van der Waals surface area contributed by atoms with E-state index in [-0.39, 0.29) is 11.2 Å². The first-order valence-electron chi connectivity index (χ1n) is 5.35. The Kier molecular flexibility index (Phi) is 6.76. The Hall–Kier alpha value is 0.170. The van der Waals surface area contributed by atoms with Gasteiger partial charge in [0, 0.05) is 13.7 Å². The van der Waals surface area contributed by atoms with Crippen LogP contribution in [-0.2, 0) is 9.47 Å². The van der Waals surface area contributed by atoms with Crippen molar-refractivity contribution in [2.45, 2.75) is 51.7 Å². The Balaban J connectivity index is 3.74. The van der Waals surface area contributed by atoms with Crippen molar-refractivity contribution in [1.82, 2.24) is 4.84 Å². The van der Waals surface area contributed by atoms with Crippen LogP contribution in [0.3, 0.4) is 0 Å². The number of nitrogens with one attached hydrogen (secondary N) is 1. The average molecular weight is 238 g/mol. The van der Waals surface area contributed by atoms with E-state index in [1.54, 1.807) is 7.11 Å². The molecule has 0 amide bonds. The molecule has 0 aliphatic carbocycles. The average Bonchev–Trinajstić information content (AvgIpc) is 2.14. The molecule has 0 fully saturated rings. The highest BCUT2D eigenvalue weighted by molar-refractivity contribution is 6.13. The van der Waals surface area contributed by atoms with Crippen LogP contribution in [0, 0.1) is 0 Å². The molecule has 0 atom stereocenters. The van der Waals surface area contributed by atoms with Gasteiger partial charge >= 0.3 is 0 Å². The van der Waals surface area contributed by atoms with Crippen molar-refractivity contribution >= 4 is 11.8 Å². The maximum atomic E-state index is 5.79. The van der Waals surface area contributed by atoms with E-state index in [0.717, 1.165) is 19.4 Å². The van der Waals surface area contributed by atoms with E-state index in [0.29, 0.717) is 6.61 Å². The fourth-order valence-corrected chi connectivity index (χ4v) is 1.19. The molecule has 92 valence electrons. The predicted molar refractivity (Wildman–Crippen MR) is 64.2 cm³/mol. The third kappa shape index (κ3) is 8.03. The lowest BCUT2D eigenvalue weighted by Crippen LogP contribution is -2.31. The second-order valence-corrected chi connectivity index (χ2v) is 5.22. The Morgan fingerprint density at radius 2 is 1.67 bits per heavy atom. The molecule has 4 heteroatoms. The molecule has 0 unspecified atom stereocenters. The van der Waals surface area contributed by atoms with E-state index in [4.69, 9.17) is 21.3 Å². The Bertz CT molecular complexity index is 172. The van der Waals surface area contributed by atoms with Crippen molar-refractivity contribution in [2.75, 3.05) is 20.3 Å². The SMILES string of the molecule is COC(C)(C)CCOC(C)(C)CCNCl. The van der Waals surface area contributed by atoms with Gasteiger partial charge in [-0.2, -0.15) is 0 Å². The zero-order chi connectivity index (χ0) is 11.9. The van der Waals surface area contributed by atoms with E-state index in [1.165, 1.54) is 0 Å². The van der Waals surface area contributed by atoms with Gasteiger partial charge in [0.15, 0.2) is 0 Å². The first-order chi connectivity index (χ1) is 6.83. The predicted octanol–water partition coefficient (Wildman–Crippen LogP) is 2.73. The summed E-state index contributed by atoms with van der Waals surface area (Å²) in [4.78, 5) is 2.61. The van der Waals surface area contributed by atoms with E-state index < -0.39 is 0 Å². The summed E-state index contributed by atoms with van der Waals surface area (Å²) in [6, 6.07) is 0. The van der Waals surface area contributed by atoms with Gasteiger partial charge in [0.1, 0.15) is 0 Å². The number of halogens is 1. The van der Waals surface area contributed by atoms with Gasteiger partial charge in [-0.25, -0.2) is 4.84 Å². The van der Waals surface area contributed by atoms with Crippen LogP contribution in [0.1, 0.15) is 40.5 Å². The molecule has 0 saturated heterocycles. The molecular formula is C11H24ClNO2. The molecule has 0 heterocycles. The third-order valence-electron chi connectivity index (χ3n) is 2.57. The number of hydrogen-bond acceptors (Lipinski definition) is 3. The van der Waals surface area contributed by atoms with Crippen molar-refractivity contribution in [3.63, 3.8) is 0 Å². The van der Waals surface area contributed by atoms with Gasteiger partial charge in [-0.3, -0.25) is 0 Å². The maximum Gasteiger partial charge on any atom is 0.0644 e. The molecule has 0 spiro atoms. The van der Waals surface area contributed by atoms with Crippen LogP contribution < -0.4 is 4.84 Å². The van der Waals surface area contributed by atoms with E-state index in [1.807, 2.05) is 0 Å². The molecule has 0 aromatic heterocycles. The molecule has 15 heavy (non-hydrogen) atoms. The van der Waals surface area contributed by atoms with Gasteiger partial charge < -0.3 is 9.47 Å². The van der Waals surface area contributed by atoms with E-state index in [9.17, 15) is 0 Å². The maximum absolute atomic E-state index is 5.79. The van der Waals surface area contributed by atoms with Gasteiger partial charge in [-0.15, -0.1) is 0 Å². The molecule has 0 aliphatic heterocycles. The molecule has 0 saturated carbocycles. The van der Waals surface area contributed by atoms with Gasteiger partial charge in [-0.05, 0) is 52.3 Å². The van der Waals surface area contributed by atoms with Crippen LogP contribution in [0.4, 0.5) is 0 Å². The molecule has 0 aromatic rings. The van der Waals surface area contributed by atoms with Crippen LogP contribution in [0.2, 0.25) is 0 Å². The summed E-state index contributed by atoms with van der Waals surface area (Å²) in [5.41, 5.74) is -0.244. The van der Waals surface area contributed by atoms with Crippen LogP contribution in [0.25, 0.3) is 0 Å². The summed E-state index contributed by atoms with van der Waals surface area (Å²) < 4.78 is 11.1. The van der Waals surface area contributed by atoms with Crippen molar-refractivity contribution in [3.8, 4) is 0 Å². The molecule has 0 rings (SSSR count). The summed E-state index contributed by atoms with van der Waals surface area (Å²) in [5.74, 6) is 0.